The second-order valence-electron chi connectivity index (χ2n) is 6.01. The molecule has 8 heteroatoms. The van der Waals surface area contributed by atoms with Crippen LogP contribution in [0.1, 0.15) is 11.3 Å². The third kappa shape index (κ3) is 3.92. The minimum atomic E-state index is -3.47. The van der Waals surface area contributed by atoms with Gasteiger partial charge >= 0.3 is 0 Å². The maximum atomic E-state index is 12.3. The minimum absolute atomic E-state index is 0.104. The van der Waals surface area contributed by atoms with Crippen LogP contribution < -0.4 is 5.32 Å². The Balaban J connectivity index is 1.44. The highest BCUT2D eigenvalue weighted by Crippen LogP contribution is 2.44. The molecule has 1 amide bonds. The molecule has 1 N–H and O–H groups in total. The molecule has 1 aliphatic heterocycles. The van der Waals surface area contributed by atoms with Crippen molar-refractivity contribution < 1.29 is 13.2 Å². The molecule has 0 radical (unpaired) electrons. The molecule has 2 heterocycles. The predicted molar refractivity (Wildman–Crippen MR) is 109 cm³/mol. The van der Waals surface area contributed by atoms with Crippen molar-refractivity contribution in [2.45, 2.75) is 22.0 Å². The van der Waals surface area contributed by atoms with E-state index in [2.05, 4.69) is 16.4 Å². The number of nitrogens with zero attached hydrogens (tertiary/aromatic N) is 1. The monoisotopic (exact) mass is 416 g/mol. The molecule has 138 valence electrons. The first-order valence-electron chi connectivity index (χ1n) is 8.32. The number of thioether (sulfide) groups is 1. The van der Waals surface area contributed by atoms with Gasteiger partial charge in [0.2, 0.25) is 5.91 Å². The number of anilines is 1. The number of nitrogens with one attached hydrogen (secondary N) is 1. The first kappa shape index (κ1) is 18.2. The van der Waals surface area contributed by atoms with Gasteiger partial charge < -0.3 is 5.32 Å². The Bertz CT molecular complexity index is 1090. The van der Waals surface area contributed by atoms with E-state index >= 15 is 0 Å². The van der Waals surface area contributed by atoms with Crippen LogP contribution in [-0.4, -0.2) is 25.1 Å². The molecule has 1 aromatic heterocycles. The fourth-order valence-corrected chi connectivity index (χ4v) is 6.18. The van der Waals surface area contributed by atoms with Crippen LogP contribution in [0, 0.1) is 0 Å². The molecule has 1 aliphatic rings. The fourth-order valence-electron chi connectivity index (χ4n) is 2.80. The van der Waals surface area contributed by atoms with E-state index in [1.165, 1.54) is 28.4 Å². The summed E-state index contributed by atoms with van der Waals surface area (Å²) in [6.45, 7) is 0. The summed E-state index contributed by atoms with van der Waals surface area (Å²) >= 11 is 3.20. The topological polar surface area (TPSA) is 76.1 Å². The lowest BCUT2D eigenvalue weighted by Gasteiger charge is -2.13. The van der Waals surface area contributed by atoms with Crippen LogP contribution in [0.3, 0.4) is 0 Å². The fraction of sp³-hybridized carbons (Fsp3) is 0.158. The molecule has 0 unspecified atom stereocenters. The molecular formula is C19H16N2O3S3. The van der Waals surface area contributed by atoms with Gasteiger partial charge in [-0.1, -0.05) is 36.4 Å². The number of rotatable bonds is 5. The van der Waals surface area contributed by atoms with Crippen LogP contribution in [0.25, 0.3) is 11.3 Å². The number of fused-ring (bicyclic) bond motifs is 3. The van der Waals surface area contributed by atoms with Crippen molar-refractivity contribution in [1.29, 1.82) is 0 Å². The van der Waals surface area contributed by atoms with Crippen molar-refractivity contribution in [1.82, 2.24) is 4.98 Å². The summed E-state index contributed by atoms with van der Waals surface area (Å²) < 4.78 is 24.6. The number of hydrogen-bond donors (Lipinski definition) is 1. The van der Waals surface area contributed by atoms with Crippen molar-refractivity contribution in [2.75, 3.05) is 11.1 Å². The van der Waals surface area contributed by atoms with Gasteiger partial charge in [-0.05, 0) is 18.2 Å². The molecule has 27 heavy (non-hydrogen) atoms. The average molecular weight is 417 g/mol. The maximum absolute atomic E-state index is 12.3. The van der Waals surface area contributed by atoms with Crippen LogP contribution >= 0.6 is 23.1 Å². The number of carbonyl (C=O) groups excluding carboxylic acids is 1. The first-order valence-corrected chi connectivity index (χ1v) is 11.8. The van der Waals surface area contributed by atoms with Gasteiger partial charge in [0.1, 0.15) is 0 Å². The summed E-state index contributed by atoms with van der Waals surface area (Å²) in [6.07, 6.45) is -0.104. The molecule has 2 aromatic carbocycles. The van der Waals surface area contributed by atoms with Crippen LogP contribution in [0.5, 0.6) is 0 Å². The zero-order chi connectivity index (χ0) is 18.9. The van der Waals surface area contributed by atoms with Crippen molar-refractivity contribution in [2.24, 2.45) is 0 Å². The highest BCUT2D eigenvalue weighted by atomic mass is 32.2. The smallest absolute Gasteiger partial charge is 0.227 e. The standard InChI is InChI=1S/C19H16N2O3S3/c22-17(10-11-27(23,24)13-6-2-1-3-7-13)20-19-21-18-14-8-4-5-9-15(14)25-12-16(18)26-19/h1-9H,10-12H2,(H,20,21,22). The lowest BCUT2D eigenvalue weighted by Crippen LogP contribution is -2.17. The number of thiazole rings is 1. The highest BCUT2D eigenvalue weighted by Gasteiger charge is 2.22. The van der Waals surface area contributed by atoms with Crippen LogP contribution in [0.2, 0.25) is 0 Å². The van der Waals surface area contributed by atoms with Gasteiger partial charge in [0.25, 0.3) is 0 Å². The van der Waals surface area contributed by atoms with Gasteiger partial charge in [0.15, 0.2) is 15.0 Å². The summed E-state index contributed by atoms with van der Waals surface area (Å²) in [5.74, 6) is 0.246. The molecule has 0 fully saturated rings. The Morgan fingerprint density at radius 1 is 1.07 bits per heavy atom. The van der Waals surface area contributed by atoms with Crippen LogP contribution in [0.4, 0.5) is 5.13 Å². The number of aromatic nitrogens is 1. The average Bonchev–Trinajstić information content (AvgIpc) is 3.10. The number of sulfone groups is 1. The molecule has 3 aromatic rings. The number of carbonyl (C=O) groups is 1. The Morgan fingerprint density at radius 2 is 1.81 bits per heavy atom. The van der Waals surface area contributed by atoms with Gasteiger partial charge in [0.05, 0.1) is 16.3 Å². The van der Waals surface area contributed by atoms with Crippen molar-refractivity contribution >= 4 is 44.0 Å². The lowest BCUT2D eigenvalue weighted by molar-refractivity contribution is -0.115. The zero-order valence-corrected chi connectivity index (χ0v) is 16.7. The second-order valence-corrected chi connectivity index (χ2v) is 10.2. The van der Waals surface area contributed by atoms with Gasteiger partial charge in [-0.3, -0.25) is 4.79 Å². The quantitative estimate of drug-likeness (QED) is 0.674. The van der Waals surface area contributed by atoms with Crippen LogP contribution in [-0.2, 0) is 20.4 Å². The largest absolute Gasteiger partial charge is 0.302 e. The third-order valence-corrected chi connectivity index (χ3v) is 8.13. The highest BCUT2D eigenvalue weighted by molar-refractivity contribution is 7.98. The predicted octanol–water partition coefficient (Wildman–Crippen LogP) is 4.22. The third-order valence-electron chi connectivity index (χ3n) is 4.14. The summed E-state index contributed by atoms with van der Waals surface area (Å²) in [4.78, 5) is 19.3. The summed E-state index contributed by atoms with van der Waals surface area (Å²) in [6, 6.07) is 16.2. The SMILES string of the molecule is O=C(CCS(=O)(=O)c1ccccc1)Nc1nc2c(s1)CSc1ccccc1-2. The Kier molecular flexibility index (Phi) is 5.03. The Labute approximate surface area is 165 Å². The molecule has 4 rings (SSSR count). The van der Waals surface area contributed by atoms with E-state index in [1.54, 1.807) is 30.0 Å². The van der Waals surface area contributed by atoms with E-state index in [0.29, 0.717) is 5.13 Å². The summed E-state index contributed by atoms with van der Waals surface area (Å²) in [5, 5.41) is 3.26. The number of amides is 1. The zero-order valence-electron chi connectivity index (χ0n) is 14.2. The van der Waals surface area contributed by atoms with Gasteiger partial charge in [-0.15, -0.1) is 23.1 Å². The Hall–Kier alpha value is -2.16. The second kappa shape index (κ2) is 7.46. The summed E-state index contributed by atoms with van der Waals surface area (Å²) in [7, 11) is -3.47. The van der Waals surface area contributed by atoms with E-state index in [4.69, 9.17) is 0 Å². The molecule has 0 saturated heterocycles. The normalized spacial score (nSPS) is 12.9. The van der Waals surface area contributed by atoms with Gasteiger partial charge in [0, 0.05) is 27.5 Å². The first-order chi connectivity index (χ1) is 13.0. The van der Waals surface area contributed by atoms with Crippen molar-refractivity contribution in [3.8, 4) is 11.3 Å². The van der Waals surface area contributed by atoms with Crippen molar-refractivity contribution in [3.05, 3.63) is 59.5 Å². The maximum Gasteiger partial charge on any atom is 0.227 e. The molecular weight excluding hydrogens is 400 g/mol. The molecule has 0 spiro atoms. The molecule has 5 nitrogen and oxygen atoms in total. The molecule has 0 saturated carbocycles. The van der Waals surface area contributed by atoms with E-state index < -0.39 is 9.84 Å². The molecule has 0 aliphatic carbocycles. The molecule has 0 bridgehead atoms. The van der Waals surface area contributed by atoms with E-state index in [9.17, 15) is 13.2 Å². The minimum Gasteiger partial charge on any atom is -0.302 e. The lowest BCUT2D eigenvalue weighted by atomic mass is 10.1. The van der Waals surface area contributed by atoms with Gasteiger partial charge in [-0.25, -0.2) is 13.4 Å². The molecule has 0 atom stereocenters. The van der Waals surface area contributed by atoms with E-state index in [0.717, 1.165) is 21.9 Å². The summed E-state index contributed by atoms with van der Waals surface area (Å²) in [5.41, 5.74) is 1.98. The van der Waals surface area contributed by atoms with Crippen LogP contribution in [0.15, 0.2) is 64.4 Å². The Morgan fingerprint density at radius 3 is 2.63 bits per heavy atom. The number of hydrogen-bond acceptors (Lipinski definition) is 6. The van der Waals surface area contributed by atoms with E-state index in [1.807, 2.05) is 18.2 Å². The van der Waals surface area contributed by atoms with Crippen molar-refractivity contribution in [3.63, 3.8) is 0 Å². The number of benzene rings is 2. The van der Waals surface area contributed by atoms with Gasteiger partial charge in [-0.2, -0.15) is 0 Å². The van der Waals surface area contributed by atoms with E-state index in [-0.39, 0.29) is 23.0 Å².